The van der Waals surface area contributed by atoms with Crippen LogP contribution in [0.15, 0.2) is 18.3 Å². The van der Waals surface area contributed by atoms with Gasteiger partial charge in [-0.1, -0.05) is 0 Å². The number of likely N-dealkylation sites (N-methyl/N-ethyl adjacent to an activating group) is 1. The SMILES string of the molecule is CN(CC1CCCN1)c1ncccc1F. The molecule has 82 valence electrons. The van der Waals surface area contributed by atoms with Crippen LogP contribution in [-0.2, 0) is 0 Å². The summed E-state index contributed by atoms with van der Waals surface area (Å²) >= 11 is 0. The van der Waals surface area contributed by atoms with Crippen molar-refractivity contribution in [2.45, 2.75) is 18.9 Å². The normalized spacial score (nSPS) is 20.5. The van der Waals surface area contributed by atoms with Gasteiger partial charge in [0.2, 0.25) is 0 Å². The van der Waals surface area contributed by atoms with Crippen molar-refractivity contribution in [1.29, 1.82) is 0 Å². The molecular formula is C11H16FN3. The molecule has 0 radical (unpaired) electrons. The lowest BCUT2D eigenvalue weighted by atomic mass is 10.2. The minimum Gasteiger partial charge on any atom is -0.356 e. The molecule has 0 saturated carbocycles. The van der Waals surface area contributed by atoms with E-state index in [0.717, 1.165) is 13.1 Å². The first-order valence-corrected chi connectivity index (χ1v) is 5.32. The molecule has 1 fully saturated rings. The van der Waals surface area contributed by atoms with Gasteiger partial charge in [-0.05, 0) is 31.5 Å². The fraction of sp³-hybridized carbons (Fsp3) is 0.545. The maximum Gasteiger partial charge on any atom is 0.165 e. The molecule has 0 aliphatic carbocycles. The number of hydrogen-bond donors (Lipinski definition) is 1. The zero-order chi connectivity index (χ0) is 10.7. The predicted molar refractivity (Wildman–Crippen MR) is 58.5 cm³/mol. The number of rotatable bonds is 3. The molecule has 1 saturated heterocycles. The zero-order valence-electron chi connectivity index (χ0n) is 8.91. The highest BCUT2D eigenvalue weighted by Crippen LogP contribution is 2.15. The number of halogens is 1. The fourth-order valence-corrected chi connectivity index (χ4v) is 1.99. The highest BCUT2D eigenvalue weighted by atomic mass is 19.1. The Morgan fingerprint density at radius 3 is 3.20 bits per heavy atom. The van der Waals surface area contributed by atoms with Crippen LogP contribution < -0.4 is 10.2 Å². The largest absolute Gasteiger partial charge is 0.356 e. The molecule has 2 rings (SSSR count). The minimum atomic E-state index is -0.252. The zero-order valence-corrected chi connectivity index (χ0v) is 8.91. The van der Waals surface area contributed by atoms with Gasteiger partial charge in [-0.2, -0.15) is 0 Å². The van der Waals surface area contributed by atoms with Gasteiger partial charge in [0, 0.05) is 25.8 Å². The molecule has 3 nitrogen and oxygen atoms in total. The summed E-state index contributed by atoms with van der Waals surface area (Å²) < 4.78 is 13.4. The smallest absolute Gasteiger partial charge is 0.165 e. The van der Waals surface area contributed by atoms with Crippen LogP contribution in [0.5, 0.6) is 0 Å². The van der Waals surface area contributed by atoms with Crippen molar-refractivity contribution < 1.29 is 4.39 Å². The molecule has 1 N–H and O–H groups in total. The topological polar surface area (TPSA) is 28.2 Å². The summed E-state index contributed by atoms with van der Waals surface area (Å²) in [6, 6.07) is 3.53. The lowest BCUT2D eigenvalue weighted by Crippen LogP contribution is -2.36. The fourth-order valence-electron chi connectivity index (χ4n) is 1.99. The Morgan fingerprint density at radius 2 is 2.53 bits per heavy atom. The average molecular weight is 209 g/mol. The molecule has 4 heteroatoms. The van der Waals surface area contributed by atoms with E-state index < -0.39 is 0 Å². The van der Waals surface area contributed by atoms with Crippen LogP contribution in [0.1, 0.15) is 12.8 Å². The number of hydrogen-bond acceptors (Lipinski definition) is 3. The third kappa shape index (κ3) is 2.45. The predicted octanol–water partition coefficient (Wildman–Crippen LogP) is 1.41. The Hall–Kier alpha value is -1.16. The van der Waals surface area contributed by atoms with Gasteiger partial charge in [-0.15, -0.1) is 0 Å². The second kappa shape index (κ2) is 4.57. The number of anilines is 1. The van der Waals surface area contributed by atoms with Crippen molar-refractivity contribution in [3.05, 3.63) is 24.1 Å². The van der Waals surface area contributed by atoms with Gasteiger partial charge in [-0.3, -0.25) is 0 Å². The van der Waals surface area contributed by atoms with Gasteiger partial charge in [0.1, 0.15) is 0 Å². The first kappa shape index (κ1) is 10.4. The van der Waals surface area contributed by atoms with Crippen molar-refractivity contribution >= 4 is 5.82 Å². The Labute approximate surface area is 89.3 Å². The average Bonchev–Trinajstić information content (AvgIpc) is 2.71. The van der Waals surface area contributed by atoms with Crippen LogP contribution in [0.4, 0.5) is 10.2 Å². The van der Waals surface area contributed by atoms with E-state index in [2.05, 4.69) is 10.3 Å². The molecule has 1 aliphatic heterocycles. The Kier molecular flexibility index (Phi) is 3.16. The van der Waals surface area contributed by atoms with Gasteiger partial charge in [0.15, 0.2) is 11.6 Å². The van der Waals surface area contributed by atoms with Gasteiger partial charge in [-0.25, -0.2) is 9.37 Å². The first-order valence-electron chi connectivity index (χ1n) is 5.32. The van der Waals surface area contributed by atoms with E-state index in [1.165, 1.54) is 18.9 Å². The number of pyridine rings is 1. The van der Waals surface area contributed by atoms with Gasteiger partial charge >= 0.3 is 0 Å². The van der Waals surface area contributed by atoms with E-state index >= 15 is 0 Å². The van der Waals surface area contributed by atoms with Crippen LogP contribution in [-0.4, -0.2) is 31.2 Å². The molecule has 1 aliphatic rings. The standard InChI is InChI=1S/C11H16FN3/c1-15(8-9-4-2-6-13-9)11-10(12)5-3-7-14-11/h3,5,7,9,13H,2,4,6,8H2,1H3. The molecule has 0 spiro atoms. The van der Waals surface area contributed by atoms with E-state index in [4.69, 9.17) is 0 Å². The molecule has 2 heterocycles. The first-order chi connectivity index (χ1) is 7.27. The third-order valence-electron chi connectivity index (χ3n) is 2.76. The molecular weight excluding hydrogens is 193 g/mol. The van der Waals surface area contributed by atoms with Crippen molar-refractivity contribution in [2.75, 3.05) is 25.0 Å². The summed E-state index contributed by atoms with van der Waals surface area (Å²) in [5.41, 5.74) is 0. The monoisotopic (exact) mass is 209 g/mol. The Morgan fingerprint density at radius 1 is 1.67 bits per heavy atom. The van der Waals surface area contributed by atoms with E-state index in [1.54, 1.807) is 12.3 Å². The second-order valence-corrected chi connectivity index (χ2v) is 3.98. The van der Waals surface area contributed by atoms with Crippen LogP contribution in [0, 0.1) is 5.82 Å². The van der Waals surface area contributed by atoms with Gasteiger partial charge in [0.05, 0.1) is 0 Å². The number of nitrogens with zero attached hydrogens (tertiary/aromatic N) is 2. The van der Waals surface area contributed by atoms with Crippen molar-refractivity contribution in [3.63, 3.8) is 0 Å². The van der Waals surface area contributed by atoms with Crippen LogP contribution in [0.2, 0.25) is 0 Å². The molecule has 15 heavy (non-hydrogen) atoms. The maximum atomic E-state index is 13.4. The second-order valence-electron chi connectivity index (χ2n) is 3.98. The third-order valence-corrected chi connectivity index (χ3v) is 2.76. The summed E-state index contributed by atoms with van der Waals surface area (Å²) in [6.07, 6.45) is 4.00. The van der Waals surface area contributed by atoms with Gasteiger partial charge in [0.25, 0.3) is 0 Å². The van der Waals surface area contributed by atoms with Crippen molar-refractivity contribution in [3.8, 4) is 0 Å². The molecule has 1 aromatic rings. The summed E-state index contributed by atoms with van der Waals surface area (Å²) in [6.45, 7) is 1.89. The molecule has 0 bridgehead atoms. The lowest BCUT2D eigenvalue weighted by Gasteiger charge is -2.22. The molecule has 1 aromatic heterocycles. The van der Waals surface area contributed by atoms with Crippen molar-refractivity contribution in [1.82, 2.24) is 10.3 Å². The summed E-state index contributed by atoms with van der Waals surface area (Å²) in [7, 11) is 1.88. The van der Waals surface area contributed by atoms with Crippen LogP contribution in [0.25, 0.3) is 0 Å². The van der Waals surface area contributed by atoms with E-state index in [0.29, 0.717) is 11.9 Å². The van der Waals surface area contributed by atoms with Crippen LogP contribution >= 0.6 is 0 Å². The molecule has 1 unspecified atom stereocenters. The summed E-state index contributed by atoms with van der Waals surface area (Å²) in [5.74, 6) is 0.184. The lowest BCUT2D eigenvalue weighted by molar-refractivity contribution is 0.576. The van der Waals surface area contributed by atoms with Crippen LogP contribution in [0.3, 0.4) is 0 Å². The minimum absolute atomic E-state index is 0.252. The Balaban J connectivity index is 2.00. The molecule has 1 atom stereocenters. The Bertz CT molecular complexity index is 323. The highest BCUT2D eigenvalue weighted by Gasteiger charge is 2.17. The summed E-state index contributed by atoms with van der Waals surface area (Å²) in [4.78, 5) is 5.92. The molecule has 0 aromatic carbocycles. The van der Waals surface area contributed by atoms with Crippen molar-refractivity contribution in [2.24, 2.45) is 0 Å². The maximum absolute atomic E-state index is 13.4. The van der Waals surface area contributed by atoms with E-state index in [9.17, 15) is 4.39 Å². The quantitative estimate of drug-likeness (QED) is 0.815. The summed E-state index contributed by atoms with van der Waals surface area (Å²) in [5, 5.41) is 3.38. The van der Waals surface area contributed by atoms with Gasteiger partial charge < -0.3 is 10.2 Å². The number of aromatic nitrogens is 1. The number of nitrogens with one attached hydrogen (secondary N) is 1. The van der Waals surface area contributed by atoms with E-state index in [-0.39, 0.29) is 5.82 Å². The highest BCUT2D eigenvalue weighted by molar-refractivity contribution is 5.38. The molecule has 0 amide bonds. The van der Waals surface area contributed by atoms with E-state index in [1.807, 2.05) is 11.9 Å².